The Balaban J connectivity index is 2.56. The molecule has 0 heterocycles. The SMILES string of the molecule is CC(N)CCS(=O)Cc1ccc(F)cc1Br. The molecule has 0 aromatic heterocycles. The summed E-state index contributed by atoms with van der Waals surface area (Å²) in [5.41, 5.74) is 6.46. The zero-order chi connectivity index (χ0) is 12.1. The largest absolute Gasteiger partial charge is 0.328 e. The van der Waals surface area contributed by atoms with Gasteiger partial charge in [-0.15, -0.1) is 0 Å². The smallest absolute Gasteiger partial charge is 0.124 e. The van der Waals surface area contributed by atoms with Crippen LogP contribution in [0.1, 0.15) is 18.9 Å². The van der Waals surface area contributed by atoms with E-state index in [0.29, 0.717) is 16.0 Å². The van der Waals surface area contributed by atoms with Crippen molar-refractivity contribution in [2.45, 2.75) is 25.1 Å². The predicted octanol–water partition coefficient (Wildman–Crippen LogP) is 2.57. The van der Waals surface area contributed by atoms with Crippen LogP contribution in [0, 0.1) is 5.82 Å². The Bertz CT molecular complexity index is 384. The molecule has 2 atom stereocenters. The summed E-state index contributed by atoms with van der Waals surface area (Å²) >= 11 is 3.26. The fraction of sp³-hybridized carbons (Fsp3) is 0.455. The molecule has 0 fully saturated rings. The Hall–Kier alpha value is -0.260. The molecular formula is C11H15BrFNOS. The summed E-state index contributed by atoms with van der Waals surface area (Å²) in [5.74, 6) is 0.728. The van der Waals surface area contributed by atoms with Crippen LogP contribution in [-0.2, 0) is 16.6 Å². The van der Waals surface area contributed by atoms with Crippen molar-refractivity contribution < 1.29 is 8.60 Å². The van der Waals surface area contributed by atoms with Gasteiger partial charge < -0.3 is 5.73 Å². The van der Waals surface area contributed by atoms with Crippen molar-refractivity contribution in [1.82, 2.24) is 0 Å². The first-order valence-corrected chi connectivity index (χ1v) is 7.31. The van der Waals surface area contributed by atoms with Crippen molar-refractivity contribution in [3.8, 4) is 0 Å². The van der Waals surface area contributed by atoms with Crippen LogP contribution in [0.15, 0.2) is 22.7 Å². The minimum atomic E-state index is -0.941. The highest BCUT2D eigenvalue weighted by molar-refractivity contribution is 9.10. The second-order valence-electron chi connectivity index (χ2n) is 3.79. The summed E-state index contributed by atoms with van der Waals surface area (Å²) in [6, 6.07) is 4.49. The summed E-state index contributed by atoms with van der Waals surface area (Å²) in [7, 11) is -0.941. The van der Waals surface area contributed by atoms with Crippen molar-refractivity contribution in [1.29, 1.82) is 0 Å². The Morgan fingerprint density at radius 1 is 1.56 bits per heavy atom. The van der Waals surface area contributed by atoms with E-state index in [4.69, 9.17) is 5.73 Å². The molecule has 1 aromatic carbocycles. The Morgan fingerprint density at radius 2 is 2.25 bits per heavy atom. The fourth-order valence-electron chi connectivity index (χ4n) is 1.20. The van der Waals surface area contributed by atoms with Gasteiger partial charge in [-0.2, -0.15) is 0 Å². The van der Waals surface area contributed by atoms with Crippen LogP contribution in [-0.4, -0.2) is 16.0 Å². The summed E-state index contributed by atoms with van der Waals surface area (Å²) in [6.45, 7) is 1.89. The normalized spacial score (nSPS) is 14.8. The van der Waals surface area contributed by atoms with Gasteiger partial charge in [0.05, 0.1) is 0 Å². The number of nitrogens with two attached hydrogens (primary N) is 1. The molecule has 1 rings (SSSR count). The van der Waals surface area contributed by atoms with E-state index in [1.165, 1.54) is 12.1 Å². The lowest BCUT2D eigenvalue weighted by Gasteiger charge is -2.06. The lowest BCUT2D eigenvalue weighted by Crippen LogP contribution is -2.18. The van der Waals surface area contributed by atoms with Gasteiger partial charge in [-0.05, 0) is 31.0 Å². The molecule has 16 heavy (non-hydrogen) atoms. The minimum absolute atomic E-state index is 0.0700. The third kappa shape index (κ3) is 4.72. The molecule has 0 bridgehead atoms. The number of hydrogen-bond donors (Lipinski definition) is 1. The van der Waals surface area contributed by atoms with Crippen LogP contribution in [0.2, 0.25) is 0 Å². The Kier molecular flexibility index (Phi) is 5.58. The van der Waals surface area contributed by atoms with Crippen LogP contribution < -0.4 is 5.73 Å². The molecule has 0 saturated carbocycles. The maximum Gasteiger partial charge on any atom is 0.124 e. The molecule has 0 aliphatic heterocycles. The topological polar surface area (TPSA) is 43.1 Å². The molecule has 90 valence electrons. The molecule has 2 nitrogen and oxygen atoms in total. The van der Waals surface area contributed by atoms with Gasteiger partial charge in [0.2, 0.25) is 0 Å². The van der Waals surface area contributed by atoms with Crippen LogP contribution in [0.4, 0.5) is 4.39 Å². The molecule has 0 aliphatic rings. The first kappa shape index (κ1) is 13.8. The number of hydrogen-bond acceptors (Lipinski definition) is 2. The lowest BCUT2D eigenvalue weighted by atomic mass is 10.2. The third-order valence-electron chi connectivity index (χ3n) is 2.13. The highest BCUT2D eigenvalue weighted by Crippen LogP contribution is 2.19. The summed E-state index contributed by atoms with van der Waals surface area (Å²) in [5, 5.41) is 0. The maximum absolute atomic E-state index is 12.8. The van der Waals surface area contributed by atoms with Gasteiger partial charge in [-0.3, -0.25) is 4.21 Å². The van der Waals surface area contributed by atoms with E-state index in [2.05, 4.69) is 15.9 Å². The molecule has 0 radical (unpaired) electrons. The van der Waals surface area contributed by atoms with Gasteiger partial charge in [-0.1, -0.05) is 22.0 Å². The molecule has 2 N–H and O–H groups in total. The van der Waals surface area contributed by atoms with E-state index >= 15 is 0 Å². The lowest BCUT2D eigenvalue weighted by molar-refractivity contribution is 0.626. The van der Waals surface area contributed by atoms with Crippen LogP contribution in [0.25, 0.3) is 0 Å². The molecular weight excluding hydrogens is 293 g/mol. The number of halogens is 2. The first-order chi connectivity index (χ1) is 7.49. The van der Waals surface area contributed by atoms with E-state index < -0.39 is 10.8 Å². The molecule has 0 aliphatic carbocycles. The Morgan fingerprint density at radius 3 is 2.81 bits per heavy atom. The van der Waals surface area contributed by atoms with E-state index in [1.807, 2.05) is 6.92 Å². The van der Waals surface area contributed by atoms with Gasteiger partial charge >= 0.3 is 0 Å². The minimum Gasteiger partial charge on any atom is -0.328 e. The van der Waals surface area contributed by atoms with E-state index in [9.17, 15) is 8.60 Å². The van der Waals surface area contributed by atoms with Crippen molar-refractivity contribution in [2.24, 2.45) is 5.73 Å². The number of rotatable bonds is 5. The second kappa shape index (κ2) is 6.47. The molecule has 0 spiro atoms. The highest BCUT2D eigenvalue weighted by Gasteiger charge is 2.07. The molecule has 0 amide bonds. The van der Waals surface area contributed by atoms with Crippen molar-refractivity contribution in [2.75, 3.05) is 5.75 Å². The van der Waals surface area contributed by atoms with Gasteiger partial charge in [0.15, 0.2) is 0 Å². The van der Waals surface area contributed by atoms with Crippen molar-refractivity contribution in [3.63, 3.8) is 0 Å². The van der Waals surface area contributed by atoms with Crippen molar-refractivity contribution >= 4 is 26.7 Å². The van der Waals surface area contributed by atoms with Gasteiger partial charge in [0, 0.05) is 32.8 Å². The average molecular weight is 308 g/mol. The van der Waals surface area contributed by atoms with Gasteiger partial charge in [-0.25, -0.2) is 4.39 Å². The van der Waals surface area contributed by atoms with Crippen LogP contribution in [0.3, 0.4) is 0 Å². The number of benzene rings is 1. The van der Waals surface area contributed by atoms with Crippen molar-refractivity contribution in [3.05, 3.63) is 34.1 Å². The zero-order valence-electron chi connectivity index (χ0n) is 9.08. The second-order valence-corrected chi connectivity index (χ2v) is 6.22. The predicted molar refractivity (Wildman–Crippen MR) is 69.1 cm³/mol. The third-order valence-corrected chi connectivity index (χ3v) is 4.19. The van der Waals surface area contributed by atoms with Crippen LogP contribution >= 0.6 is 15.9 Å². The molecule has 2 unspecified atom stereocenters. The first-order valence-electron chi connectivity index (χ1n) is 5.03. The summed E-state index contributed by atoms with van der Waals surface area (Å²) < 4.78 is 25.2. The molecule has 1 aromatic rings. The standard InChI is InChI=1S/C11H15BrFNOS/c1-8(14)4-5-16(15)7-9-2-3-10(13)6-11(9)12/h2-3,6,8H,4-5,7,14H2,1H3. The van der Waals surface area contributed by atoms with E-state index in [1.54, 1.807) is 6.07 Å². The summed E-state index contributed by atoms with van der Waals surface area (Å²) in [6.07, 6.45) is 0.741. The summed E-state index contributed by atoms with van der Waals surface area (Å²) in [4.78, 5) is 0. The fourth-order valence-corrected chi connectivity index (χ4v) is 3.26. The van der Waals surface area contributed by atoms with Gasteiger partial charge in [0.1, 0.15) is 5.82 Å². The average Bonchev–Trinajstić information content (AvgIpc) is 2.19. The van der Waals surface area contributed by atoms with Gasteiger partial charge in [0.25, 0.3) is 0 Å². The van der Waals surface area contributed by atoms with Crippen LogP contribution in [0.5, 0.6) is 0 Å². The highest BCUT2D eigenvalue weighted by atomic mass is 79.9. The molecule has 5 heteroatoms. The molecule has 0 saturated heterocycles. The van der Waals surface area contributed by atoms with E-state index in [0.717, 1.165) is 12.0 Å². The Labute approximate surface area is 106 Å². The maximum atomic E-state index is 12.8. The monoisotopic (exact) mass is 307 g/mol. The van der Waals surface area contributed by atoms with E-state index in [-0.39, 0.29) is 11.9 Å². The zero-order valence-corrected chi connectivity index (χ0v) is 11.5. The quantitative estimate of drug-likeness (QED) is 0.908.